The number of imidazole rings is 1. The highest BCUT2D eigenvalue weighted by atomic mass is 35.5. The van der Waals surface area contributed by atoms with E-state index in [0.717, 1.165) is 27.8 Å². The van der Waals surface area contributed by atoms with Crippen molar-refractivity contribution < 1.29 is 4.79 Å². The number of pyridine rings is 1. The van der Waals surface area contributed by atoms with Crippen molar-refractivity contribution in [2.45, 2.75) is 25.3 Å². The topological polar surface area (TPSA) is 73.8 Å². The van der Waals surface area contributed by atoms with Gasteiger partial charge >= 0.3 is 0 Å². The maximum Gasteiger partial charge on any atom is 0.219 e. The predicted molar refractivity (Wildman–Crippen MR) is 83.1 cm³/mol. The zero-order valence-corrected chi connectivity index (χ0v) is 12.3. The summed E-state index contributed by atoms with van der Waals surface area (Å²) in [6, 6.07) is 7.74. The molecule has 1 atom stereocenters. The largest absolute Gasteiger partial charge is 0.370 e. The van der Waals surface area contributed by atoms with Gasteiger partial charge in [-0.1, -0.05) is 18.2 Å². The summed E-state index contributed by atoms with van der Waals surface area (Å²) in [6.45, 7) is 1.94. The van der Waals surface area contributed by atoms with Crippen molar-refractivity contribution in [2.75, 3.05) is 0 Å². The molecular formula is C15H15ClN4O. The predicted octanol–water partition coefficient (Wildman–Crippen LogP) is 2.76. The summed E-state index contributed by atoms with van der Waals surface area (Å²) in [6.07, 6.45) is 1.98. The first-order valence-electron chi connectivity index (χ1n) is 6.70. The summed E-state index contributed by atoms with van der Waals surface area (Å²) in [5.74, 6) is 0.647. The van der Waals surface area contributed by atoms with Gasteiger partial charge in [0, 0.05) is 17.8 Å². The number of nitrogens with two attached hydrogens (primary N) is 1. The molecule has 21 heavy (non-hydrogen) atoms. The van der Waals surface area contributed by atoms with E-state index < -0.39 is 0 Å². The lowest BCUT2D eigenvalue weighted by Gasteiger charge is -2.16. The number of carbonyl (C=O) groups excluding carboxylic acids is 1. The lowest BCUT2D eigenvalue weighted by Crippen LogP contribution is -2.18. The first kappa shape index (κ1) is 13.8. The Balaban J connectivity index is 2.33. The molecule has 0 aliphatic carbocycles. The fraction of sp³-hybridized carbons (Fsp3) is 0.267. The van der Waals surface area contributed by atoms with Crippen LogP contribution in [0, 0.1) is 0 Å². The maximum atomic E-state index is 11.2. The summed E-state index contributed by atoms with van der Waals surface area (Å²) in [5, 5.41) is 0.996. The molecule has 3 aromatic rings. The second kappa shape index (κ2) is 5.33. The van der Waals surface area contributed by atoms with Gasteiger partial charge in [-0.2, -0.15) is 0 Å². The van der Waals surface area contributed by atoms with Crippen LogP contribution < -0.4 is 5.73 Å². The van der Waals surface area contributed by atoms with Gasteiger partial charge in [0.1, 0.15) is 11.3 Å². The van der Waals surface area contributed by atoms with Crippen molar-refractivity contribution in [3.63, 3.8) is 0 Å². The molecule has 2 aromatic heterocycles. The van der Waals surface area contributed by atoms with Crippen LogP contribution >= 0.6 is 11.6 Å². The Morgan fingerprint density at radius 3 is 2.86 bits per heavy atom. The van der Waals surface area contributed by atoms with Crippen LogP contribution in [-0.4, -0.2) is 20.4 Å². The SMILES string of the molecule is CC(CC(N)=O)n1c(CCl)nc2cnc3ccccc3c21. The van der Waals surface area contributed by atoms with Crippen molar-refractivity contribution in [1.29, 1.82) is 0 Å². The van der Waals surface area contributed by atoms with E-state index in [1.165, 1.54) is 0 Å². The third-order valence-electron chi connectivity index (χ3n) is 3.55. The molecule has 6 heteroatoms. The molecule has 1 amide bonds. The van der Waals surface area contributed by atoms with Crippen molar-refractivity contribution in [2.24, 2.45) is 5.73 Å². The third kappa shape index (κ3) is 2.34. The lowest BCUT2D eigenvalue weighted by atomic mass is 10.1. The lowest BCUT2D eigenvalue weighted by molar-refractivity contribution is -0.118. The van der Waals surface area contributed by atoms with Crippen LogP contribution in [0.15, 0.2) is 30.5 Å². The summed E-state index contributed by atoms with van der Waals surface area (Å²) in [4.78, 5) is 20.2. The summed E-state index contributed by atoms with van der Waals surface area (Å²) in [5.41, 5.74) is 7.94. The van der Waals surface area contributed by atoms with Crippen LogP contribution in [-0.2, 0) is 10.7 Å². The van der Waals surface area contributed by atoms with E-state index in [2.05, 4.69) is 9.97 Å². The van der Waals surface area contributed by atoms with Crippen LogP contribution in [0.1, 0.15) is 25.2 Å². The highest BCUT2D eigenvalue weighted by molar-refractivity contribution is 6.17. The van der Waals surface area contributed by atoms with E-state index in [4.69, 9.17) is 17.3 Å². The Bertz CT molecular complexity index is 827. The molecule has 0 saturated carbocycles. The molecule has 2 N–H and O–H groups in total. The number of primary amides is 1. The number of hydrogen-bond acceptors (Lipinski definition) is 3. The molecule has 0 aliphatic heterocycles. The monoisotopic (exact) mass is 302 g/mol. The highest BCUT2D eigenvalue weighted by Crippen LogP contribution is 2.29. The van der Waals surface area contributed by atoms with Crippen LogP contribution in [0.3, 0.4) is 0 Å². The molecule has 1 aromatic carbocycles. The number of aromatic nitrogens is 3. The van der Waals surface area contributed by atoms with Crippen molar-refractivity contribution in [3.05, 3.63) is 36.3 Å². The number of benzene rings is 1. The average molecular weight is 303 g/mol. The van der Waals surface area contributed by atoms with Crippen LogP contribution in [0.25, 0.3) is 21.9 Å². The number of amides is 1. The van der Waals surface area contributed by atoms with Crippen LogP contribution in [0.5, 0.6) is 0 Å². The molecular weight excluding hydrogens is 288 g/mol. The Morgan fingerprint density at radius 1 is 1.38 bits per heavy atom. The number of fused-ring (bicyclic) bond motifs is 3. The Hall–Kier alpha value is -2.14. The number of halogens is 1. The molecule has 0 spiro atoms. The number of alkyl halides is 1. The van der Waals surface area contributed by atoms with Crippen molar-refractivity contribution >= 4 is 39.4 Å². The van der Waals surface area contributed by atoms with Gasteiger partial charge in [-0.05, 0) is 13.0 Å². The van der Waals surface area contributed by atoms with E-state index in [0.29, 0.717) is 0 Å². The molecule has 0 aliphatic rings. The maximum absolute atomic E-state index is 11.2. The van der Waals surface area contributed by atoms with Gasteiger partial charge in [-0.3, -0.25) is 9.78 Å². The van der Waals surface area contributed by atoms with Gasteiger partial charge in [0.05, 0.1) is 23.1 Å². The number of hydrogen-bond donors (Lipinski definition) is 1. The van der Waals surface area contributed by atoms with Gasteiger partial charge in [-0.15, -0.1) is 11.6 Å². The zero-order chi connectivity index (χ0) is 15.0. The normalized spacial score (nSPS) is 12.9. The molecule has 5 nitrogen and oxygen atoms in total. The van der Waals surface area contributed by atoms with Gasteiger partial charge in [0.15, 0.2) is 0 Å². The number of rotatable bonds is 4. The minimum absolute atomic E-state index is 0.105. The molecule has 0 bridgehead atoms. The van der Waals surface area contributed by atoms with E-state index >= 15 is 0 Å². The van der Waals surface area contributed by atoms with Gasteiger partial charge in [-0.25, -0.2) is 4.98 Å². The molecule has 0 saturated heterocycles. The highest BCUT2D eigenvalue weighted by Gasteiger charge is 2.19. The Morgan fingerprint density at radius 2 is 2.14 bits per heavy atom. The number of carbonyl (C=O) groups is 1. The molecule has 1 unspecified atom stereocenters. The van der Waals surface area contributed by atoms with Gasteiger partial charge in [0.25, 0.3) is 0 Å². The number of nitrogens with zero attached hydrogens (tertiary/aromatic N) is 3. The van der Waals surface area contributed by atoms with E-state index in [1.807, 2.05) is 35.8 Å². The van der Waals surface area contributed by atoms with E-state index in [1.54, 1.807) is 6.20 Å². The molecule has 0 radical (unpaired) electrons. The van der Waals surface area contributed by atoms with Crippen LogP contribution in [0.2, 0.25) is 0 Å². The van der Waals surface area contributed by atoms with E-state index in [9.17, 15) is 4.79 Å². The fourth-order valence-corrected chi connectivity index (χ4v) is 2.91. The number of para-hydroxylation sites is 1. The zero-order valence-electron chi connectivity index (χ0n) is 11.6. The summed E-state index contributed by atoms with van der Waals surface area (Å²) in [7, 11) is 0. The second-order valence-electron chi connectivity index (χ2n) is 5.06. The summed E-state index contributed by atoms with van der Waals surface area (Å²) >= 11 is 6.02. The smallest absolute Gasteiger partial charge is 0.219 e. The molecule has 108 valence electrons. The second-order valence-corrected chi connectivity index (χ2v) is 5.33. The van der Waals surface area contributed by atoms with Crippen molar-refractivity contribution in [1.82, 2.24) is 14.5 Å². The fourth-order valence-electron chi connectivity index (χ4n) is 2.72. The van der Waals surface area contributed by atoms with Gasteiger partial charge < -0.3 is 10.3 Å². The minimum atomic E-state index is -0.344. The minimum Gasteiger partial charge on any atom is -0.370 e. The molecule has 2 heterocycles. The standard InChI is InChI=1S/C15H15ClN4O/c1-9(6-13(17)21)20-14(7-16)19-12-8-18-11-5-3-2-4-10(11)15(12)20/h2-5,8-9H,6-7H2,1H3,(H2,17,21). The molecule has 3 rings (SSSR count). The Labute approximate surface area is 126 Å². The van der Waals surface area contributed by atoms with E-state index in [-0.39, 0.29) is 24.2 Å². The first-order valence-corrected chi connectivity index (χ1v) is 7.24. The average Bonchev–Trinajstić information content (AvgIpc) is 2.85. The Kier molecular flexibility index (Phi) is 3.51. The molecule has 0 fully saturated rings. The van der Waals surface area contributed by atoms with Crippen molar-refractivity contribution in [3.8, 4) is 0 Å². The third-order valence-corrected chi connectivity index (χ3v) is 3.79. The first-order chi connectivity index (χ1) is 10.1. The summed E-state index contributed by atoms with van der Waals surface area (Å²) < 4.78 is 2.00. The quantitative estimate of drug-likeness (QED) is 0.753. The van der Waals surface area contributed by atoms with Crippen LogP contribution in [0.4, 0.5) is 0 Å². The van der Waals surface area contributed by atoms with Gasteiger partial charge in [0.2, 0.25) is 5.91 Å².